The Morgan fingerprint density at radius 1 is 1.42 bits per heavy atom. The highest BCUT2D eigenvalue weighted by atomic mass is 35.5. The number of pyridine rings is 1. The lowest BCUT2D eigenvalue weighted by molar-refractivity contribution is -0.126. The van der Waals surface area contributed by atoms with Gasteiger partial charge in [0.05, 0.1) is 10.7 Å². The van der Waals surface area contributed by atoms with E-state index >= 15 is 0 Å². The lowest BCUT2D eigenvalue weighted by Crippen LogP contribution is -2.22. The summed E-state index contributed by atoms with van der Waals surface area (Å²) in [5, 5.41) is 12.6. The zero-order valence-electron chi connectivity index (χ0n) is 11.8. The number of aliphatic hydroxyl groups excluding tert-OH is 1. The molecule has 24 heavy (non-hydrogen) atoms. The molecule has 12 heteroatoms. The first-order valence-corrected chi connectivity index (χ1v) is 6.90. The van der Waals surface area contributed by atoms with E-state index in [1.807, 2.05) is 0 Å². The van der Waals surface area contributed by atoms with Crippen molar-refractivity contribution in [2.75, 3.05) is 0 Å². The van der Waals surface area contributed by atoms with Gasteiger partial charge in [0, 0.05) is 7.05 Å². The Hall–Kier alpha value is -2.04. The molecule has 0 saturated heterocycles. The molecule has 0 saturated carbocycles. The maximum atomic E-state index is 14.1. The van der Waals surface area contributed by atoms with Gasteiger partial charge in [0.1, 0.15) is 16.4 Å². The maximum Gasteiger partial charge on any atom is 0.388 e. The summed E-state index contributed by atoms with van der Waals surface area (Å²) in [5.74, 6) is -2.70. The zero-order chi connectivity index (χ0) is 18.2. The van der Waals surface area contributed by atoms with E-state index in [1.54, 1.807) is 0 Å². The van der Waals surface area contributed by atoms with Crippen molar-refractivity contribution in [2.45, 2.75) is 12.7 Å². The maximum absolute atomic E-state index is 14.1. The Bertz CT molecular complexity index is 800. The standard InChI is InChI=1S/C12H9Cl2F3N4O3/c1-21-11(24-12(16)17)5(14)8(20-21)7-4(15)2-3(13)6(19-7)9(22)10(18)23/h2,9,12,22H,1H3,(H2,18,23). The minimum absolute atomic E-state index is 0.345. The quantitative estimate of drug-likeness (QED) is 0.820. The predicted molar refractivity (Wildman–Crippen MR) is 77.2 cm³/mol. The van der Waals surface area contributed by atoms with E-state index in [9.17, 15) is 23.1 Å². The van der Waals surface area contributed by atoms with Gasteiger partial charge in [-0.3, -0.25) is 4.79 Å². The van der Waals surface area contributed by atoms with Crippen molar-refractivity contribution < 1.29 is 27.8 Å². The molecule has 130 valence electrons. The van der Waals surface area contributed by atoms with Crippen molar-refractivity contribution in [3.63, 3.8) is 0 Å². The number of amides is 1. The number of primary amides is 1. The number of alkyl halides is 2. The topological polar surface area (TPSA) is 103 Å². The van der Waals surface area contributed by atoms with Gasteiger partial charge in [-0.05, 0) is 6.07 Å². The van der Waals surface area contributed by atoms with Crippen LogP contribution in [0.25, 0.3) is 11.4 Å². The van der Waals surface area contributed by atoms with E-state index in [4.69, 9.17) is 28.9 Å². The Balaban J connectivity index is 2.61. The molecule has 0 aromatic carbocycles. The lowest BCUT2D eigenvalue weighted by atomic mass is 10.1. The van der Waals surface area contributed by atoms with E-state index < -0.39 is 46.7 Å². The Morgan fingerprint density at radius 3 is 2.58 bits per heavy atom. The van der Waals surface area contributed by atoms with Crippen LogP contribution < -0.4 is 10.5 Å². The largest absolute Gasteiger partial charge is 0.416 e. The molecule has 2 aromatic heterocycles. The van der Waals surface area contributed by atoms with Crippen LogP contribution in [0.5, 0.6) is 5.88 Å². The molecule has 1 atom stereocenters. The summed E-state index contributed by atoms with van der Waals surface area (Å²) in [7, 11) is 1.24. The fourth-order valence-electron chi connectivity index (χ4n) is 1.82. The molecule has 2 heterocycles. The molecular weight excluding hydrogens is 376 g/mol. The number of aromatic nitrogens is 3. The summed E-state index contributed by atoms with van der Waals surface area (Å²) < 4.78 is 43.9. The van der Waals surface area contributed by atoms with Crippen molar-refractivity contribution in [3.8, 4) is 17.3 Å². The van der Waals surface area contributed by atoms with E-state index in [2.05, 4.69) is 14.8 Å². The molecule has 2 aromatic rings. The summed E-state index contributed by atoms with van der Waals surface area (Å²) in [6, 6.07) is 0.754. The Morgan fingerprint density at radius 2 is 2.04 bits per heavy atom. The van der Waals surface area contributed by atoms with E-state index in [1.165, 1.54) is 7.05 Å². The van der Waals surface area contributed by atoms with E-state index in [0.717, 1.165) is 10.7 Å². The summed E-state index contributed by atoms with van der Waals surface area (Å²) in [4.78, 5) is 14.8. The van der Waals surface area contributed by atoms with Crippen LogP contribution in [0.1, 0.15) is 11.8 Å². The molecule has 2 rings (SSSR count). The number of nitrogens with zero attached hydrogens (tertiary/aromatic N) is 3. The second kappa shape index (κ2) is 6.83. The van der Waals surface area contributed by atoms with Gasteiger partial charge in [-0.25, -0.2) is 14.1 Å². The third kappa shape index (κ3) is 3.40. The molecule has 7 nitrogen and oxygen atoms in total. The molecule has 0 spiro atoms. The van der Waals surface area contributed by atoms with E-state index in [0.29, 0.717) is 0 Å². The average molecular weight is 385 g/mol. The minimum atomic E-state index is -3.18. The van der Waals surface area contributed by atoms with Crippen LogP contribution in [0.3, 0.4) is 0 Å². The number of aliphatic hydroxyl groups is 1. The first-order valence-electron chi connectivity index (χ1n) is 6.14. The third-order valence-electron chi connectivity index (χ3n) is 2.85. The second-order valence-electron chi connectivity index (χ2n) is 4.46. The predicted octanol–water partition coefficient (Wildman–Crippen LogP) is 2.05. The van der Waals surface area contributed by atoms with Crippen LogP contribution in [0.15, 0.2) is 6.07 Å². The summed E-state index contributed by atoms with van der Waals surface area (Å²) in [6.45, 7) is -3.18. The fourth-order valence-corrected chi connectivity index (χ4v) is 2.36. The molecule has 0 aliphatic rings. The summed E-state index contributed by atoms with van der Waals surface area (Å²) >= 11 is 11.6. The lowest BCUT2D eigenvalue weighted by Gasteiger charge is -2.10. The van der Waals surface area contributed by atoms with Crippen molar-refractivity contribution >= 4 is 29.1 Å². The molecule has 3 N–H and O–H groups in total. The normalized spacial score (nSPS) is 12.5. The molecule has 0 aliphatic heterocycles. The smallest absolute Gasteiger partial charge is 0.388 e. The molecule has 0 radical (unpaired) electrons. The number of ether oxygens (including phenoxy) is 1. The van der Waals surface area contributed by atoms with Gasteiger partial charge in [0.25, 0.3) is 5.91 Å². The number of hydrogen-bond donors (Lipinski definition) is 2. The minimum Gasteiger partial charge on any atom is -0.416 e. The molecule has 0 fully saturated rings. The van der Waals surface area contributed by atoms with Crippen molar-refractivity contribution in [3.05, 3.63) is 27.6 Å². The zero-order valence-corrected chi connectivity index (χ0v) is 13.3. The SMILES string of the molecule is Cn1nc(-c2nc(C(O)C(N)=O)c(Cl)cc2F)c(Cl)c1OC(F)F. The van der Waals surface area contributed by atoms with Gasteiger partial charge in [-0.15, -0.1) is 0 Å². The van der Waals surface area contributed by atoms with Gasteiger partial charge in [0.2, 0.25) is 5.88 Å². The third-order valence-corrected chi connectivity index (χ3v) is 3.49. The second-order valence-corrected chi connectivity index (χ2v) is 5.25. The molecule has 1 amide bonds. The van der Waals surface area contributed by atoms with Crippen molar-refractivity contribution in [2.24, 2.45) is 12.8 Å². The van der Waals surface area contributed by atoms with Gasteiger partial charge < -0.3 is 15.6 Å². The van der Waals surface area contributed by atoms with Crippen LogP contribution in [-0.2, 0) is 11.8 Å². The Labute approximate surface area is 142 Å². The average Bonchev–Trinajstić information content (AvgIpc) is 2.74. The van der Waals surface area contributed by atoms with Crippen LogP contribution in [0, 0.1) is 5.82 Å². The van der Waals surface area contributed by atoms with Gasteiger partial charge >= 0.3 is 6.61 Å². The number of aryl methyl sites for hydroxylation is 1. The summed E-state index contributed by atoms with van der Waals surface area (Å²) in [6.07, 6.45) is -1.91. The van der Waals surface area contributed by atoms with Crippen molar-refractivity contribution in [1.82, 2.24) is 14.8 Å². The number of halogens is 5. The number of nitrogens with two attached hydrogens (primary N) is 1. The van der Waals surface area contributed by atoms with Gasteiger partial charge in [-0.1, -0.05) is 23.2 Å². The first kappa shape index (κ1) is 18.3. The van der Waals surface area contributed by atoms with Gasteiger partial charge in [0.15, 0.2) is 11.9 Å². The molecule has 0 aliphatic carbocycles. The highest BCUT2D eigenvalue weighted by molar-refractivity contribution is 6.34. The molecule has 0 bridgehead atoms. The molecule has 1 unspecified atom stereocenters. The highest BCUT2D eigenvalue weighted by Gasteiger charge is 2.27. The van der Waals surface area contributed by atoms with Crippen LogP contribution >= 0.6 is 23.2 Å². The van der Waals surface area contributed by atoms with E-state index in [-0.39, 0.29) is 10.7 Å². The Kier molecular flexibility index (Phi) is 5.21. The number of hydrogen-bond acceptors (Lipinski definition) is 5. The van der Waals surface area contributed by atoms with Crippen LogP contribution in [0.2, 0.25) is 10.0 Å². The molecular formula is C12H9Cl2F3N4O3. The fraction of sp³-hybridized carbons (Fsp3) is 0.250. The first-order chi connectivity index (χ1) is 11.1. The van der Waals surface area contributed by atoms with Crippen LogP contribution in [0.4, 0.5) is 13.2 Å². The number of carbonyl (C=O) groups excluding carboxylic acids is 1. The monoisotopic (exact) mass is 384 g/mol. The highest BCUT2D eigenvalue weighted by Crippen LogP contribution is 2.37. The number of carbonyl (C=O) groups is 1. The van der Waals surface area contributed by atoms with Crippen LogP contribution in [-0.4, -0.2) is 32.4 Å². The van der Waals surface area contributed by atoms with Gasteiger partial charge in [-0.2, -0.15) is 13.9 Å². The van der Waals surface area contributed by atoms with Crippen molar-refractivity contribution in [1.29, 1.82) is 0 Å². The number of rotatable bonds is 5. The summed E-state index contributed by atoms with van der Waals surface area (Å²) in [5.41, 5.74) is 3.64.